The molecule has 204 valence electrons. The van der Waals surface area contributed by atoms with E-state index in [1.54, 1.807) is 41.3 Å². The standard InChI is InChI=1S/C29H36N2O7/c1-4-36-22-10-7-20(8-11-22)27(32)25-26(21-9-12-23(37-5-2)24(19-21)38-6-3)31(29(34)28(25)33)14-13-30-15-17-35-18-16-30/h7-12,19,26,32H,4-6,13-18H2,1-3H3/b27-25+/t26-/m0/s1. The number of nitrogens with zero attached hydrogens (tertiary/aromatic N) is 2. The summed E-state index contributed by atoms with van der Waals surface area (Å²) in [7, 11) is 0. The molecule has 2 aromatic carbocycles. The number of carbonyl (C=O) groups excluding carboxylic acids is 2. The smallest absolute Gasteiger partial charge is 0.295 e. The Kier molecular flexibility index (Phi) is 9.25. The van der Waals surface area contributed by atoms with Crippen LogP contribution in [0.25, 0.3) is 5.76 Å². The normalized spacial score (nSPS) is 19.6. The van der Waals surface area contributed by atoms with Crippen LogP contribution in [0.4, 0.5) is 0 Å². The largest absolute Gasteiger partial charge is 0.507 e. The van der Waals surface area contributed by atoms with E-state index in [0.717, 1.165) is 13.1 Å². The number of ketones is 1. The molecule has 9 nitrogen and oxygen atoms in total. The first-order chi connectivity index (χ1) is 18.5. The second-order valence-electron chi connectivity index (χ2n) is 8.98. The van der Waals surface area contributed by atoms with Crippen molar-refractivity contribution in [3.63, 3.8) is 0 Å². The number of morpholine rings is 1. The Bertz CT molecular complexity index is 1160. The third-order valence-electron chi connectivity index (χ3n) is 6.62. The van der Waals surface area contributed by atoms with Crippen molar-refractivity contribution >= 4 is 17.4 Å². The minimum Gasteiger partial charge on any atom is -0.507 e. The van der Waals surface area contributed by atoms with E-state index in [1.807, 2.05) is 26.8 Å². The van der Waals surface area contributed by atoms with Crippen LogP contribution >= 0.6 is 0 Å². The number of rotatable bonds is 11. The van der Waals surface area contributed by atoms with Gasteiger partial charge in [0.15, 0.2) is 11.5 Å². The van der Waals surface area contributed by atoms with Gasteiger partial charge in [-0.3, -0.25) is 14.5 Å². The molecule has 4 rings (SSSR count). The van der Waals surface area contributed by atoms with E-state index < -0.39 is 17.7 Å². The van der Waals surface area contributed by atoms with E-state index >= 15 is 0 Å². The molecule has 2 fully saturated rings. The summed E-state index contributed by atoms with van der Waals surface area (Å²) in [5, 5.41) is 11.4. The fraction of sp³-hybridized carbons (Fsp3) is 0.448. The van der Waals surface area contributed by atoms with Gasteiger partial charge in [-0.1, -0.05) is 6.07 Å². The topological polar surface area (TPSA) is 97.8 Å². The van der Waals surface area contributed by atoms with Crippen LogP contribution in [-0.2, 0) is 14.3 Å². The van der Waals surface area contributed by atoms with Crippen molar-refractivity contribution < 1.29 is 33.6 Å². The monoisotopic (exact) mass is 524 g/mol. The lowest BCUT2D eigenvalue weighted by Gasteiger charge is -2.31. The molecule has 0 unspecified atom stereocenters. The Hall–Kier alpha value is -3.56. The molecule has 2 saturated heterocycles. The van der Waals surface area contributed by atoms with Crippen molar-refractivity contribution in [3.8, 4) is 17.2 Å². The molecule has 0 spiro atoms. The number of hydrogen-bond donors (Lipinski definition) is 1. The predicted octanol–water partition coefficient (Wildman–Crippen LogP) is 3.64. The Labute approximate surface area is 223 Å². The second-order valence-corrected chi connectivity index (χ2v) is 8.98. The molecule has 0 aliphatic carbocycles. The molecule has 1 amide bonds. The van der Waals surface area contributed by atoms with Crippen LogP contribution in [0.5, 0.6) is 17.2 Å². The molecule has 9 heteroatoms. The number of benzene rings is 2. The molecule has 2 aliphatic heterocycles. The van der Waals surface area contributed by atoms with Gasteiger partial charge in [0.25, 0.3) is 11.7 Å². The Morgan fingerprint density at radius 3 is 2.21 bits per heavy atom. The lowest BCUT2D eigenvalue weighted by molar-refractivity contribution is -0.140. The van der Waals surface area contributed by atoms with E-state index in [0.29, 0.717) is 74.5 Å². The van der Waals surface area contributed by atoms with Crippen LogP contribution in [0.1, 0.15) is 37.9 Å². The first-order valence-electron chi connectivity index (χ1n) is 13.2. The van der Waals surface area contributed by atoms with Crippen LogP contribution in [0.3, 0.4) is 0 Å². The minimum atomic E-state index is -0.780. The van der Waals surface area contributed by atoms with Gasteiger partial charge in [-0.05, 0) is 62.7 Å². The number of ether oxygens (including phenoxy) is 4. The van der Waals surface area contributed by atoms with Gasteiger partial charge in [-0.15, -0.1) is 0 Å². The zero-order valence-electron chi connectivity index (χ0n) is 22.3. The van der Waals surface area contributed by atoms with E-state index in [2.05, 4.69) is 4.90 Å². The molecular formula is C29H36N2O7. The number of aliphatic hydroxyl groups is 1. The summed E-state index contributed by atoms with van der Waals surface area (Å²) in [5.74, 6) is 0.177. The van der Waals surface area contributed by atoms with Crippen molar-refractivity contribution in [2.75, 3.05) is 59.2 Å². The lowest BCUT2D eigenvalue weighted by Crippen LogP contribution is -2.42. The van der Waals surface area contributed by atoms with Gasteiger partial charge in [0.1, 0.15) is 11.5 Å². The van der Waals surface area contributed by atoms with Crippen molar-refractivity contribution in [3.05, 3.63) is 59.2 Å². The molecule has 0 saturated carbocycles. The van der Waals surface area contributed by atoms with Crippen LogP contribution in [0.2, 0.25) is 0 Å². The minimum absolute atomic E-state index is 0.0488. The summed E-state index contributed by atoms with van der Waals surface area (Å²) >= 11 is 0. The van der Waals surface area contributed by atoms with Crippen LogP contribution in [-0.4, -0.2) is 85.8 Å². The summed E-state index contributed by atoms with van der Waals surface area (Å²) in [6.07, 6.45) is 0. The van der Waals surface area contributed by atoms with Crippen molar-refractivity contribution in [2.45, 2.75) is 26.8 Å². The molecule has 0 aromatic heterocycles. The van der Waals surface area contributed by atoms with Crippen molar-refractivity contribution in [1.82, 2.24) is 9.80 Å². The lowest BCUT2D eigenvalue weighted by atomic mass is 9.95. The molecule has 1 atom stereocenters. The highest BCUT2D eigenvalue weighted by molar-refractivity contribution is 6.46. The summed E-state index contributed by atoms with van der Waals surface area (Å²) < 4.78 is 22.5. The molecule has 0 bridgehead atoms. The summed E-state index contributed by atoms with van der Waals surface area (Å²) in [5.41, 5.74) is 1.14. The molecular weight excluding hydrogens is 488 g/mol. The maximum absolute atomic E-state index is 13.4. The molecule has 2 aromatic rings. The zero-order chi connectivity index (χ0) is 27.1. The predicted molar refractivity (Wildman–Crippen MR) is 143 cm³/mol. The SMILES string of the molecule is CCOc1ccc(/C(O)=C2\C(=O)C(=O)N(CCN3CCOCC3)[C@H]2c2ccc(OCC)c(OCC)c2)cc1. The van der Waals surface area contributed by atoms with E-state index in [-0.39, 0.29) is 11.3 Å². The first-order valence-corrected chi connectivity index (χ1v) is 13.2. The molecule has 2 aliphatic rings. The average Bonchev–Trinajstić information content (AvgIpc) is 3.19. The number of carbonyl (C=O) groups is 2. The van der Waals surface area contributed by atoms with Gasteiger partial charge in [-0.2, -0.15) is 0 Å². The molecule has 0 radical (unpaired) electrons. The van der Waals surface area contributed by atoms with Gasteiger partial charge in [0.05, 0.1) is 44.6 Å². The Morgan fingerprint density at radius 2 is 1.55 bits per heavy atom. The van der Waals surface area contributed by atoms with E-state index in [4.69, 9.17) is 18.9 Å². The third kappa shape index (κ3) is 5.95. The second kappa shape index (κ2) is 12.8. The van der Waals surface area contributed by atoms with Gasteiger partial charge in [0, 0.05) is 31.7 Å². The van der Waals surface area contributed by atoms with Crippen molar-refractivity contribution in [1.29, 1.82) is 0 Å². The average molecular weight is 525 g/mol. The maximum Gasteiger partial charge on any atom is 0.295 e. The number of likely N-dealkylation sites (tertiary alicyclic amines) is 1. The summed E-state index contributed by atoms with van der Waals surface area (Å²) in [4.78, 5) is 30.5. The third-order valence-corrected chi connectivity index (χ3v) is 6.62. The highest BCUT2D eigenvalue weighted by atomic mass is 16.5. The number of aliphatic hydroxyl groups excluding tert-OH is 1. The van der Waals surface area contributed by atoms with Crippen LogP contribution in [0.15, 0.2) is 48.0 Å². The van der Waals surface area contributed by atoms with Crippen LogP contribution < -0.4 is 14.2 Å². The fourth-order valence-electron chi connectivity index (χ4n) is 4.80. The molecule has 38 heavy (non-hydrogen) atoms. The zero-order valence-corrected chi connectivity index (χ0v) is 22.3. The highest BCUT2D eigenvalue weighted by Crippen LogP contribution is 2.42. The Balaban J connectivity index is 1.76. The Morgan fingerprint density at radius 1 is 0.895 bits per heavy atom. The number of hydrogen-bond acceptors (Lipinski definition) is 8. The van der Waals surface area contributed by atoms with Gasteiger partial charge in [0.2, 0.25) is 0 Å². The summed E-state index contributed by atoms with van der Waals surface area (Å²) in [6.45, 7) is 10.8. The molecule has 2 heterocycles. The van der Waals surface area contributed by atoms with E-state index in [1.165, 1.54) is 0 Å². The van der Waals surface area contributed by atoms with Crippen LogP contribution in [0, 0.1) is 0 Å². The van der Waals surface area contributed by atoms with Gasteiger partial charge < -0.3 is 29.0 Å². The highest BCUT2D eigenvalue weighted by Gasteiger charge is 2.46. The van der Waals surface area contributed by atoms with Crippen molar-refractivity contribution in [2.24, 2.45) is 0 Å². The quantitative estimate of drug-likeness (QED) is 0.270. The number of Topliss-reactive ketones (excluding diaryl/α,β-unsaturated/α-hetero) is 1. The first kappa shape index (κ1) is 27.5. The van der Waals surface area contributed by atoms with Gasteiger partial charge >= 0.3 is 0 Å². The molecule has 1 N–H and O–H groups in total. The van der Waals surface area contributed by atoms with Gasteiger partial charge in [-0.25, -0.2) is 0 Å². The fourth-order valence-corrected chi connectivity index (χ4v) is 4.80. The maximum atomic E-state index is 13.4. The van der Waals surface area contributed by atoms with E-state index in [9.17, 15) is 14.7 Å². The number of amides is 1. The summed E-state index contributed by atoms with van der Waals surface area (Å²) in [6, 6.07) is 11.4.